The molecule has 1 rings (SSSR count). The number of methoxy groups -OCH3 is 2. The largest absolute Gasteiger partial charge is 0.493 e. The fourth-order valence-corrected chi connectivity index (χ4v) is 1.72. The lowest BCUT2D eigenvalue weighted by Crippen LogP contribution is -2.46. The number of hydrogen-bond acceptors (Lipinski definition) is 5. The van der Waals surface area contributed by atoms with E-state index in [0.717, 1.165) is 0 Å². The lowest BCUT2D eigenvalue weighted by molar-refractivity contribution is -0.128. The van der Waals surface area contributed by atoms with Crippen LogP contribution in [0.2, 0.25) is 0 Å². The molecule has 0 bridgehead atoms. The Kier molecular flexibility index (Phi) is 5.79. The summed E-state index contributed by atoms with van der Waals surface area (Å²) in [4.78, 5) is 23.5. The van der Waals surface area contributed by atoms with Gasteiger partial charge in [-0.15, -0.1) is 0 Å². The van der Waals surface area contributed by atoms with Crippen LogP contribution < -0.4 is 14.8 Å². The Hall–Kier alpha value is -2.24. The second-order valence-corrected chi connectivity index (χ2v) is 5.86. The van der Waals surface area contributed by atoms with Crippen LogP contribution in [0.1, 0.15) is 38.1 Å². The molecule has 0 aliphatic rings. The second-order valence-electron chi connectivity index (χ2n) is 5.86. The van der Waals surface area contributed by atoms with Gasteiger partial charge in [-0.2, -0.15) is 0 Å². The summed E-state index contributed by atoms with van der Waals surface area (Å²) < 4.78 is 15.5. The molecule has 1 atom stereocenters. The van der Waals surface area contributed by atoms with Gasteiger partial charge in [-0.05, 0) is 45.9 Å². The summed E-state index contributed by atoms with van der Waals surface area (Å²) in [5.41, 5.74) is 0.00608. The van der Waals surface area contributed by atoms with Crippen LogP contribution in [0.3, 0.4) is 0 Å². The molecular formula is C16H23NO5. The molecule has 0 aromatic heterocycles. The van der Waals surface area contributed by atoms with Crippen molar-refractivity contribution in [1.82, 2.24) is 5.32 Å². The van der Waals surface area contributed by atoms with Gasteiger partial charge >= 0.3 is 5.97 Å². The zero-order chi connectivity index (χ0) is 16.9. The summed E-state index contributed by atoms with van der Waals surface area (Å²) in [5.74, 6) is 0.0417. The summed E-state index contributed by atoms with van der Waals surface area (Å²) in [7, 11) is 2.77. The van der Waals surface area contributed by atoms with Crippen molar-refractivity contribution < 1.29 is 23.8 Å². The Labute approximate surface area is 130 Å². The first-order chi connectivity index (χ1) is 10.2. The molecule has 0 unspecified atom stereocenters. The average Bonchev–Trinajstić information content (AvgIpc) is 2.44. The number of benzene rings is 1. The zero-order valence-corrected chi connectivity index (χ0v) is 13.9. The Morgan fingerprint density at radius 1 is 1.14 bits per heavy atom. The number of rotatable bonds is 5. The number of ether oxygens (including phenoxy) is 3. The van der Waals surface area contributed by atoms with Crippen LogP contribution >= 0.6 is 0 Å². The van der Waals surface area contributed by atoms with Crippen molar-refractivity contribution in [2.45, 2.75) is 39.3 Å². The summed E-state index contributed by atoms with van der Waals surface area (Å²) in [6.45, 7) is 7.32. The molecule has 1 amide bonds. The summed E-state index contributed by atoms with van der Waals surface area (Å²) in [6.07, 6.45) is -0.697. The van der Waals surface area contributed by atoms with Crippen LogP contribution in [0.25, 0.3) is 0 Å². The predicted octanol–water partition coefficient (Wildman–Crippen LogP) is 2.16. The smallest absolute Gasteiger partial charge is 0.337 e. The van der Waals surface area contributed by atoms with E-state index in [1.165, 1.54) is 20.3 Å². The fraction of sp³-hybridized carbons (Fsp3) is 0.500. The quantitative estimate of drug-likeness (QED) is 0.844. The van der Waals surface area contributed by atoms with Crippen molar-refractivity contribution in [2.24, 2.45) is 0 Å². The van der Waals surface area contributed by atoms with E-state index >= 15 is 0 Å². The summed E-state index contributed by atoms with van der Waals surface area (Å²) >= 11 is 0. The number of carbonyl (C=O) groups is 2. The van der Waals surface area contributed by atoms with E-state index in [2.05, 4.69) is 10.1 Å². The van der Waals surface area contributed by atoms with Crippen molar-refractivity contribution in [2.75, 3.05) is 14.2 Å². The molecular weight excluding hydrogens is 286 g/mol. The van der Waals surface area contributed by atoms with Crippen LogP contribution in [0, 0.1) is 0 Å². The third-order valence-corrected chi connectivity index (χ3v) is 2.76. The van der Waals surface area contributed by atoms with Crippen LogP contribution in [0.15, 0.2) is 18.2 Å². The Morgan fingerprint density at radius 2 is 1.77 bits per heavy atom. The SMILES string of the molecule is COC(=O)c1ccc(O[C@H](C)C(=O)NC(C)(C)C)c(OC)c1. The highest BCUT2D eigenvalue weighted by Gasteiger charge is 2.22. The number of carbonyl (C=O) groups excluding carboxylic acids is 2. The normalized spacial score (nSPS) is 12.3. The first kappa shape index (κ1) is 17.8. The van der Waals surface area contributed by atoms with Gasteiger partial charge in [0.15, 0.2) is 17.6 Å². The molecule has 6 heteroatoms. The van der Waals surface area contributed by atoms with Crippen LogP contribution in [0.5, 0.6) is 11.5 Å². The molecule has 0 radical (unpaired) electrons. The molecule has 22 heavy (non-hydrogen) atoms. The number of hydrogen-bond donors (Lipinski definition) is 1. The molecule has 0 spiro atoms. The molecule has 0 aliphatic carbocycles. The van der Waals surface area contributed by atoms with Gasteiger partial charge < -0.3 is 19.5 Å². The van der Waals surface area contributed by atoms with E-state index in [1.807, 2.05) is 20.8 Å². The first-order valence-electron chi connectivity index (χ1n) is 6.93. The first-order valence-corrected chi connectivity index (χ1v) is 6.93. The van der Waals surface area contributed by atoms with Gasteiger partial charge in [0.25, 0.3) is 5.91 Å². The van der Waals surface area contributed by atoms with Gasteiger partial charge in [0.2, 0.25) is 0 Å². The highest BCUT2D eigenvalue weighted by atomic mass is 16.5. The number of esters is 1. The Balaban J connectivity index is 2.89. The van der Waals surface area contributed by atoms with Gasteiger partial charge in [-0.1, -0.05) is 0 Å². The van der Waals surface area contributed by atoms with E-state index in [-0.39, 0.29) is 11.4 Å². The van der Waals surface area contributed by atoms with Crippen molar-refractivity contribution in [3.8, 4) is 11.5 Å². The van der Waals surface area contributed by atoms with Gasteiger partial charge in [0, 0.05) is 5.54 Å². The van der Waals surface area contributed by atoms with Crippen molar-refractivity contribution >= 4 is 11.9 Å². The third-order valence-electron chi connectivity index (χ3n) is 2.76. The minimum Gasteiger partial charge on any atom is -0.493 e. The molecule has 1 N–H and O–H groups in total. The topological polar surface area (TPSA) is 73.9 Å². The van der Waals surface area contributed by atoms with Gasteiger partial charge in [-0.25, -0.2) is 4.79 Å². The number of nitrogens with one attached hydrogen (secondary N) is 1. The van der Waals surface area contributed by atoms with Gasteiger partial charge in [0.1, 0.15) is 0 Å². The van der Waals surface area contributed by atoms with Crippen molar-refractivity contribution in [3.63, 3.8) is 0 Å². The van der Waals surface area contributed by atoms with Crippen LogP contribution in [-0.2, 0) is 9.53 Å². The molecule has 0 aliphatic heterocycles. The fourth-order valence-electron chi connectivity index (χ4n) is 1.72. The maximum atomic E-state index is 12.0. The average molecular weight is 309 g/mol. The molecule has 0 saturated heterocycles. The third kappa shape index (κ3) is 4.95. The maximum absolute atomic E-state index is 12.0. The van der Waals surface area contributed by atoms with E-state index in [1.54, 1.807) is 19.1 Å². The minimum atomic E-state index is -0.697. The predicted molar refractivity (Wildman–Crippen MR) is 82.3 cm³/mol. The maximum Gasteiger partial charge on any atom is 0.337 e. The Bertz CT molecular complexity index is 548. The molecule has 0 fully saturated rings. The van der Waals surface area contributed by atoms with E-state index in [4.69, 9.17) is 9.47 Å². The Morgan fingerprint density at radius 3 is 2.27 bits per heavy atom. The molecule has 6 nitrogen and oxygen atoms in total. The molecule has 0 saturated carbocycles. The lowest BCUT2D eigenvalue weighted by atomic mass is 10.1. The molecule has 1 aromatic carbocycles. The highest BCUT2D eigenvalue weighted by molar-refractivity contribution is 5.90. The molecule has 1 aromatic rings. The van der Waals surface area contributed by atoms with Gasteiger partial charge in [-0.3, -0.25) is 4.79 Å². The van der Waals surface area contributed by atoms with Crippen molar-refractivity contribution in [1.29, 1.82) is 0 Å². The summed E-state index contributed by atoms with van der Waals surface area (Å²) in [5, 5.41) is 2.84. The van der Waals surface area contributed by atoms with E-state index in [9.17, 15) is 9.59 Å². The molecule has 0 heterocycles. The van der Waals surface area contributed by atoms with Crippen LogP contribution in [0.4, 0.5) is 0 Å². The monoisotopic (exact) mass is 309 g/mol. The summed E-state index contributed by atoms with van der Waals surface area (Å²) in [6, 6.07) is 4.64. The van der Waals surface area contributed by atoms with Crippen LogP contribution in [-0.4, -0.2) is 37.7 Å². The van der Waals surface area contributed by atoms with E-state index in [0.29, 0.717) is 17.1 Å². The van der Waals surface area contributed by atoms with Crippen molar-refractivity contribution in [3.05, 3.63) is 23.8 Å². The zero-order valence-electron chi connectivity index (χ0n) is 13.9. The van der Waals surface area contributed by atoms with Gasteiger partial charge in [0.05, 0.1) is 19.8 Å². The standard InChI is InChI=1S/C16H23NO5/c1-10(14(18)17-16(2,3)4)22-12-8-7-11(15(19)21-6)9-13(12)20-5/h7-10H,1-6H3,(H,17,18)/t10-/m1/s1. The lowest BCUT2D eigenvalue weighted by Gasteiger charge is -2.24. The number of amides is 1. The minimum absolute atomic E-state index is 0.230. The molecule has 122 valence electrons. The second kappa shape index (κ2) is 7.15. The van der Waals surface area contributed by atoms with E-state index < -0.39 is 12.1 Å². The highest BCUT2D eigenvalue weighted by Crippen LogP contribution is 2.29.